The van der Waals surface area contributed by atoms with Crippen LogP contribution in [0.2, 0.25) is 0 Å². The molecule has 2 N–H and O–H groups in total. The Kier molecular flexibility index (Phi) is 6.14. The van der Waals surface area contributed by atoms with E-state index >= 15 is 0 Å². The average Bonchev–Trinajstić information content (AvgIpc) is 2.48. The first-order valence-electron chi connectivity index (χ1n) is 3.95. The smallest absolute Gasteiger partial charge is 0.303 e. The molecule has 0 aliphatic rings. The highest BCUT2D eigenvalue weighted by Crippen LogP contribution is 2.10. The molecule has 0 aliphatic heterocycles. The third-order valence-electron chi connectivity index (χ3n) is 1.17. The van der Waals surface area contributed by atoms with Crippen LogP contribution in [0.3, 0.4) is 0 Å². The van der Waals surface area contributed by atoms with Crippen molar-refractivity contribution in [2.45, 2.75) is 12.8 Å². The zero-order valence-corrected chi connectivity index (χ0v) is 9.71. The second-order valence-electron chi connectivity index (χ2n) is 2.71. The van der Waals surface area contributed by atoms with E-state index in [2.05, 4.69) is 0 Å². The Hall–Kier alpha value is -0.920. The Labute approximate surface area is 92.1 Å². The van der Waals surface area contributed by atoms with Gasteiger partial charge in [0.25, 0.3) is 10.1 Å². The largest absolute Gasteiger partial charge is 0.481 e. The molecule has 0 amide bonds. The fourth-order valence-electron chi connectivity index (χ4n) is 0.685. The van der Waals surface area contributed by atoms with Crippen LogP contribution in [0, 0.1) is 0 Å². The summed E-state index contributed by atoms with van der Waals surface area (Å²) in [7, 11) is -3.67. The molecule has 0 radical (unpaired) electrons. The molecule has 0 fully saturated rings. The fraction of sp³-hybridized carbons (Fsp3) is 0.375. The Morgan fingerprint density at radius 1 is 1.53 bits per heavy atom. The molecule has 7 heteroatoms. The third-order valence-corrected chi connectivity index (χ3v) is 2.10. The molecule has 0 unspecified atom stereocenters. The summed E-state index contributed by atoms with van der Waals surface area (Å²) in [5.41, 5.74) is 0. The van der Waals surface area contributed by atoms with E-state index in [0.29, 0.717) is 12.7 Å². The van der Waals surface area contributed by atoms with Gasteiger partial charge < -0.3 is 5.11 Å². The van der Waals surface area contributed by atoms with E-state index in [1.165, 1.54) is 0 Å². The van der Waals surface area contributed by atoms with Gasteiger partial charge in [-0.1, -0.05) is 6.07 Å². The van der Waals surface area contributed by atoms with Crippen LogP contribution < -0.4 is 0 Å². The van der Waals surface area contributed by atoms with Gasteiger partial charge in [-0.05, 0) is 17.9 Å². The second kappa shape index (κ2) is 6.54. The van der Waals surface area contributed by atoms with Crippen molar-refractivity contribution in [2.24, 2.45) is 0 Å². The van der Waals surface area contributed by atoms with Crippen molar-refractivity contribution in [2.75, 3.05) is 6.26 Å². The lowest BCUT2D eigenvalue weighted by Crippen LogP contribution is -1.95. The summed E-state index contributed by atoms with van der Waals surface area (Å²) in [5.74, 6) is -0.728. The normalized spacial score (nSPS) is 10.3. The van der Waals surface area contributed by atoms with Gasteiger partial charge in [-0.3, -0.25) is 9.35 Å². The Bertz CT molecular complexity index is 371. The number of rotatable bonds is 3. The van der Waals surface area contributed by atoms with Crippen molar-refractivity contribution >= 4 is 27.4 Å². The quantitative estimate of drug-likeness (QED) is 0.790. The zero-order valence-electron chi connectivity index (χ0n) is 8.08. The molecule has 15 heavy (non-hydrogen) atoms. The molecule has 1 aromatic rings. The van der Waals surface area contributed by atoms with Crippen LogP contribution in [0.25, 0.3) is 0 Å². The van der Waals surface area contributed by atoms with Gasteiger partial charge in [0.2, 0.25) is 0 Å². The summed E-state index contributed by atoms with van der Waals surface area (Å²) < 4.78 is 25.9. The number of carbonyl (C=O) groups is 1. The predicted molar refractivity (Wildman–Crippen MR) is 57.7 cm³/mol. The number of aryl methyl sites for hydroxylation is 1. The first kappa shape index (κ1) is 14.1. The zero-order chi connectivity index (χ0) is 11.9. The Balaban J connectivity index is 0.000000336. The number of carboxylic acids is 1. The summed E-state index contributed by atoms with van der Waals surface area (Å²) in [5, 5.41) is 10.3. The molecule has 0 saturated carbocycles. The molecule has 0 aliphatic carbocycles. The van der Waals surface area contributed by atoms with Gasteiger partial charge in [-0.2, -0.15) is 8.42 Å². The standard InChI is InChI=1S/C7H8O2S.CH4O3S/c8-7(9)4-3-6-2-1-5-10-6;1-5(2,3)4/h1-2,5H,3-4H2,(H,8,9);1H3,(H,2,3,4). The van der Waals surface area contributed by atoms with Crippen LogP contribution in [0.1, 0.15) is 11.3 Å². The van der Waals surface area contributed by atoms with Crippen molar-refractivity contribution in [1.29, 1.82) is 0 Å². The van der Waals surface area contributed by atoms with Crippen molar-refractivity contribution < 1.29 is 22.9 Å². The minimum atomic E-state index is -3.67. The molecule has 5 nitrogen and oxygen atoms in total. The van der Waals surface area contributed by atoms with Crippen LogP contribution in [0.5, 0.6) is 0 Å². The molecule has 0 aromatic carbocycles. The highest BCUT2D eigenvalue weighted by atomic mass is 32.2. The van der Waals surface area contributed by atoms with Gasteiger partial charge in [0.15, 0.2) is 0 Å². The second-order valence-corrected chi connectivity index (χ2v) is 5.20. The van der Waals surface area contributed by atoms with Gasteiger partial charge in [-0.15, -0.1) is 11.3 Å². The SMILES string of the molecule is CS(=O)(=O)O.O=C(O)CCc1cccs1. The highest BCUT2D eigenvalue weighted by Gasteiger charge is 1.98. The highest BCUT2D eigenvalue weighted by molar-refractivity contribution is 7.85. The van der Waals surface area contributed by atoms with Crippen molar-refractivity contribution in [1.82, 2.24) is 0 Å². The van der Waals surface area contributed by atoms with Crippen molar-refractivity contribution in [3.63, 3.8) is 0 Å². The van der Waals surface area contributed by atoms with Gasteiger partial charge in [0.1, 0.15) is 0 Å². The van der Waals surface area contributed by atoms with E-state index in [9.17, 15) is 13.2 Å². The average molecular weight is 252 g/mol. The van der Waals surface area contributed by atoms with Gasteiger partial charge in [0.05, 0.1) is 12.7 Å². The molecular weight excluding hydrogens is 240 g/mol. The minimum Gasteiger partial charge on any atom is -0.481 e. The number of thiophene rings is 1. The van der Waals surface area contributed by atoms with E-state index in [4.69, 9.17) is 9.66 Å². The molecular formula is C8H12O5S2. The van der Waals surface area contributed by atoms with Crippen LogP contribution >= 0.6 is 11.3 Å². The van der Waals surface area contributed by atoms with E-state index < -0.39 is 16.1 Å². The van der Waals surface area contributed by atoms with Crippen LogP contribution in [0.4, 0.5) is 0 Å². The lowest BCUT2D eigenvalue weighted by atomic mass is 10.3. The van der Waals surface area contributed by atoms with E-state index in [1.807, 2.05) is 17.5 Å². The maximum Gasteiger partial charge on any atom is 0.303 e. The number of carboxylic acid groups (broad SMARTS) is 1. The molecule has 0 bridgehead atoms. The Morgan fingerprint density at radius 3 is 2.40 bits per heavy atom. The maximum absolute atomic E-state index is 10.1. The maximum atomic E-state index is 10.1. The van der Waals surface area contributed by atoms with Crippen molar-refractivity contribution in [3.05, 3.63) is 22.4 Å². The molecule has 0 atom stereocenters. The lowest BCUT2D eigenvalue weighted by Gasteiger charge is -1.89. The monoisotopic (exact) mass is 252 g/mol. The summed E-state index contributed by atoms with van der Waals surface area (Å²) in [6, 6.07) is 3.88. The van der Waals surface area contributed by atoms with E-state index in [-0.39, 0.29) is 6.42 Å². The van der Waals surface area contributed by atoms with Gasteiger partial charge in [0, 0.05) is 4.88 Å². The topological polar surface area (TPSA) is 91.7 Å². The molecule has 86 valence electrons. The van der Waals surface area contributed by atoms with Gasteiger partial charge >= 0.3 is 5.97 Å². The van der Waals surface area contributed by atoms with E-state index in [0.717, 1.165) is 4.88 Å². The number of aliphatic carboxylic acids is 1. The predicted octanol–water partition coefficient (Wildman–Crippen LogP) is 1.27. The van der Waals surface area contributed by atoms with Gasteiger partial charge in [-0.25, -0.2) is 0 Å². The fourth-order valence-corrected chi connectivity index (χ4v) is 1.39. The third kappa shape index (κ3) is 13.1. The molecule has 1 rings (SSSR count). The molecule has 0 spiro atoms. The summed E-state index contributed by atoms with van der Waals surface area (Å²) in [4.78, 5) is 11.2. The Morgan fingerprint density at radius 2 is 2.07 bits per heavy atom. The minimum absolute atomic E-state index is 0.237. The molecule has 1 aromatic heterocycles. The molecule has 1 heterocycles. The number of hydrogen-bond donors (Lipinski definition) is 2. The first-order valence-corrected chi connectivity index (χ1v) is 6.68. The molecule has 0 saturated heterocycles. The van der Waals surface area contributed by atoms with E-state index in [1.54, 1.807) is 11.3 Å². The van der Waals surface area contributed by atoms with Crippen LogP contribution in [-0.4, -0.2) is 30.3 Å². The summed E-state index contributed by atoms with van der Waals surface area (Å²) >= 11 is 1.60. The summed E-state index contributed by atoms with van der Waals surface area (Å²) in [6.45, 7) is 0. The van der Waals surface area contributed by atoms with Crippen LogP contribution in [-0.2, 0) is 21.3 Å². The lowest BCUT2D eigenvalue weighted by molar-refractivity contribution is -0.136. The van der Waals surface area contributed by atoms with Crippen molar-refractivity contribution in [3.8, 4) is 0 Å². The van der Waals surface area contributed by atoms with Crippen LogP contribution in [0.15, 0.2) is 17.5 Å². The number of hydrogen-bond acceptors (Lipinski definition) is 4. The summed E-state index contributed by atoms with van der Waals surface area (Å²) in [6.07, 6.45) is 1.61. The first-order chi connectivity index (χ1) is 6.79.